The minimum absolute atomic E-state index is 0. The van der Waals surface area contributed by atoms with Gasteiger partial charge in [-0.25, -0.2) is 0 Å². The van der Waals surface area contributed by atoms with Crippen LogP contribution in [0.5, 0.6) is 0 Å². The Morgan fingerprint density at radius 2 is 0.357 bits per heavy atom. The van der Waals surface area contributed by atoms with Gasteiger partial charge in [0.1, 0.15) is 0 Å². The fraction of sp³-hybridized carbons (Fsp3) is 1.00. The van der Waals surface area contributed by atoms with Crippen molar-refractivity contribution in [2.75, 3.05) is 0 Å². The first-order valence-electron chi connectivity index (χ1n) is 17.9. The van der Waals surface area contributed by atoms with E-state index in [4.69, 9.17) is 0 Å². The Bertz CT molecular complexity index is 723. The number of fused-ring (bicyclic) bond motifs is 20. The molecule has 8 unspecified atom stereocenters. The van der Waals surface area contributed by atoms with Crippen LogP contribution in [0, 0.1) is 47.3 Å². The molecule has 0 amide bonds. The van der Waals surface area contributed by atoms with Gasteiger partial charge < -0.3 is 0 Å². The van der Waals surface area contributed by atoms with Crippen LogP contribution in [-0.2, 0) is 33.6 Å². The number of hydrogen-bond donors (Lipinski definition) is 8. The van der Waals surface area contributed by atoms with E-state index < -0.39 is 0 Å². The van der Waals surface area contributed by atoms with Crippen molar-refractivity contribution in [3.63, 3.8) is 0 Å². The Kier molecular flexibility index (Phi) is 9.74. The van der Waals surface area contributed by atoms with E-state index in [0.29, 0.717) is 49.3 Å². The van der Waals surface area contributed by atoms with E-state index in [1.165, 1.54) is 103 Å². The van der Waals surface area contributed by atoms with E-state index in [2.05, 4.69) is 42.5 Å². The van der Waals surface area contributed by atoms with Gasteiger partial charge in [0.05, 0.1) is 49.3 Å². The van der Waals surface area contributed by atoms with Gasteiger partial charge in [0.2, 0.25) is 0 Å². The summed E-state index contributed by atoms with van der Waals surface area (Å²) in [5.74, 6) is 5.97. The fourth-order valence-corrected chi connectivity index (χ4v) is 12.0. The van der Waals surface area contributed by atoms with Crippen LogP contribution in [0.4, 0.5) is 0 Å². The fourth-order valence-electron chi connectivity index (χ4n) is 12.0. The summed E-state index contributed by atoms with van der Waals surface area (Å²) in [4.78, 5) is 0. The largest absolute Gasteiger partial charge is 0.286 e. The third kappa shape index (κ3) is 5.43. The maximum Gasteiger partial charge on any atom is 0.0628 e. The predicted molar refractivity (Wildman–Crippen MR) is 157 cm³/mol. The predicted octanol–water partition coefficient (Wildman–Crippen LogP) is 2.60. The Labute approximate surface area is 274 Å². The summed E-state index contributed by atoms with van der Waals surface area (Å²) in [6, 6.07) is 0. The van der Waals surface area contributed by atoms with Crippen LogP contribution in [0.15, 0.2) is 0 Å². The van der Waals surface area contributed by atoms with Crippen molar-refractivity contribution in [3.8, 4) is 0 Å². The zero-order valence-electron chi connectivity index (χ0n) is 25.2. The molecule has 4 aliphatic carbocycles. The summed E-state index contributed by atoms with van der Waals surface area (Å²) >= 11 is 0. The molecule has 5 heterocycles. The molecule has 0 aromatic carbocycles. The second kappa shape index (κ2) is 13.1. The molecule has 0 spiro atoms. The zero-order valence-corrected chi connectivity index (χ0v) is 27.4. The van der Waals surface area contributed by atoms with Crippen LogP contribution < -0.4 is 42.5 Å². The Balaban J connectivity index is 0.00000144. The Hall–Kier alpha value is 0.693. The summed E-state index contributed by atoms with van der Waals surface area (Å²) in [6.07, 6.45) is 25.6. The van der Waals surface area contributed by atoms with Gasteiger partial charge >= 0.3 is 0 Å². The smallest absolute Gasteiger partial charge is 0.0628 e. The first-order chi connectivity index (χ1) is 19.8. The second-order valence-electron chi connectivity index (χ2n) is 15.6. The van der Waals surface area contributed by atoms with E-state index in [-0.39, 0.29) is 33.6 Å². The van der Waals surface area contributed by atoms with Crippen LogP contribution in [0.2, 0.25) is 0 Å². The van der Waals surface area contributed by atoms with Gasteiger partial charge in [-0.15, -0.1) is 0 Å². The molecule has 42 heavy (non-hydrogen) atoms. The summed E-state index contributed by atoms with van der Waals surface area (Å²) in [7, 11) is 0. The number of hydrogen-bond acceptors (Lipinski definition) is 8. The summed E-state index contributed by atoms with van der Waals surface area (Å²) < 4.78 is 0. The molecule has 241 valence electrons. The van der Waals surface area contributed by atoms with Gasteiger partial charge in [0, 0.05) is 33.6 Å². The molecule has 8 nitrogen and oxygen atoms in total. The van der Waals surface area contributed by atoms with Crippen molar-refractivity contribution in [1.29, 1.82) is 0 Å². The van der Waals surface area contributed by atoms with Gasteiger partial charge in [-0.2, -0.15) is 0 Å². The molecule has 9 rings (SSSR count). The molecule has 8 atom stereocenters. The maximum atomic E-state index is 4.26. The van der Waals surface area contributed by atoms with Gasteiger partial charge in [-0.3, -0.25) is 42.5 Å². The van der Waals surface area contributed by atoms with Crippen LogP contribution in [0.3, 0.4) is 0 Å². The van der Waals surface area contributed by atoms with Crippen molar-refractivity contribution in [3.05, 3.63) is 0 Å². The minimum atomic E-state index is 0. The molecule has 5 aliphatic heterocycles. The second-order valence-corrected chi connectivity index (χ2v) is 15.6. The van der Waals surface area contributed by atoms with E-state index in [9.17, 15) is 0 Å². The molecular formula is C32H56MnN8Ni. The SMILES string of the molecule is C1CCC2C3NC(NC4NC(NC5NC(NC6NC(N3)C3CCCCC63)C3CCCCC53)C3CCCCC43)C2C1.[Mn].[Ni]. The van der Waals surface area contributed by atoms with E-state index in [1.807, 2.05) is 0 Å². The molecule has 1 radical (unpaired) electrons. The van der Waals surface area contributed by atoms with Crippen LogP contribution in [-0.4, -0.2) is 49.3 Å². The minimum Gasteiger partial charge on any atom is -0.286 e. The van der Waals surface area contributed by atoms with Gasteiger partial charge in [0.15, 0.2) is 0 Å². The molecule has 9 aliphatic rings. The quantitative estimate of drug-likeness (QED) is 0.187. The molecule has 8 bridgehead atoms. The van der Waals surface area contributed by atoms with Crippen molar-refractivity contribution < 1.29 is 33.6 Å². The molecule has 0 aromatic rings. The van der Waals surface area contributed by atoms with Crippen LogP contribution in [0.25, 0.3) is 0 Å². The third-order valence-electron chi connectivity index (χ3n) is 13.8. The zero-order chi connectivity index (χ0) is 26.2. The number of rotatable bonds is 0. The third-order valence-corrected chi connectivity index (χ3v) is 13.8. The van der Waals surface area contributed by atoms with Crippen molar-refractivity contribution in [2.45, 2.75) is 152 Å². The first kappa shape index (κ1) is 31.3. The topological polar surface area (TPSA) is 96.2 Å². The van der Waals surface area contributed by atoms with Crippen LogP contribution >= 0.6 is 0 Å². The average molecular weight is 666 g/mol. The summed E-state index contributed by atoms with van der Waals surface area (Å²) in [6.45, 7) is 0. The maximum absolute atomic E-state index is 4.26. The van der Waals surface area contributed by atoms with Crippen molar-refractivity contribution in [2.24, 2.45) is 47.3 Å². The molecule has 8 N–H and O–H groups in total. The van der Waals surface area contributed by atoms with Crippen molar-refractivity contribution >= 4 is 0 Å². The van der Waals surface area contributed by atoms with Gasteiger partial charge in [-0.1, -0.05) is 51.4 Å². The molecule has 10 heteroatoms. The molecule has 5 saturated heterocycles. The molecule has 9 fully saturated rings. The molecule has 0 aromatic heterocycles. The molecule has 4 saturated carbocycles. The van der Waals surface area contributed by atoms with E-state index in [1.54, 1.807) is 0 Å². The Morgan fingerprint density at radius 3 is 0.476 bits per heavy atom. The standard InChI is InChI=1S/C32H56N8.Mn.Ni/c1-2-10-18-17(9-1)25-33-26(18)38-28-21-13-5-6-14-22(21)30(35-28)40-32-24-16-8-7-15-23(24)31(36-32)39-29-20-12-4-3-11-19(20)27(34-29)37-25;;/h17-40H,1-16H2;;. The van der Waals surface area contributed by atoms with Crippen molar-refractivity contribution in [1.82, 2.24) is 42.5 Å². The van der Waals surface area contributed by atoms with E-state index in [0.717, 1.165) is 47.3 Å². The first-order valence-corrected chi connectivity index (χ1v) is 17.9. The van der Waals surface area contributed by atoms with E-state index >= 15 is 0 Å². The normalized spacial score (nSPS) is 54.9. The summed E-state index contributed by atoms with van der Waals surface area (Å²) in [5, 5.41) is 33.8. The Morgan fingerprint density at radius 1 is 0.238 bits per heavy atom. The van der Waals surface area contributed by atoms with Gasteiger partial charge in [-0.05, 0) is 98.7 Å². The monoisotopic (exact) mass is 665 g/mol. The van der Waals surface area contributed by atoms with Gasteiger partial charge in [0.25, 0.3) is 0 Å². The van der Waals surface area contributed by atoms with Crippen LogP contribution in [0.1, 0.15) is 103 Å². The number of nitrogens with one attached hydrogen (secondary N) is 8. The average Bonchev–Trinajstić information content (AvgIpc) is 3.73. The molecular weight excluding hydrogens is 610 g/mol. The summed E-state index contributed by atoms with van der Waals surface area (Å²) in [5.41, 5.74) is 0.